The Bertz CT molecular complexity index is 1470. The minimum Gasteiger partial charge on any atom is -0.321 e. The molecule has 0 saturated carbocycles. The van der Waals surface area contributed by atoms with Gasteiger partial charge >= 0.3 is 12.4 Å². The molecule has 1 heterocycles. The lowest BCUT2D eigenvalue weighted by Gasteiger charge is -2.13. The third-order valence-electron chi connectivity index (χ3n) is 5.10. The van der Waals surface area contributed by atoms with Crippen LogP contribution in [0.4, 0.5) is 37.7 Å². The van der Waals surface area contributed by atoms with E-state index in [-0.39, 0.29) is 33.5 Å². The molecule has 3 aromatic carbocycles. The minimum atomic E-state index is -5.07. The molecule has 0 spiro atoms. The molecule has 188 valence electrons. The Morgan fingerprint density at radius 1 is 0.833 bits per heavy atom. The summed E-state index contributed by atoms with van der Waals surface area (Å²) in [6.45, 7) is 0. The summed E-state index contributed by atoms with van der Waals surface area (Å²) >= 11 is 3.23. The highest BCUT2D eigenvalue weighted by Crippen LogP contribution is 2.39. The first-order chi connectivity index (χ1) is 16.6. The monoisotopic (exact) mass is 590 g/mol. The number of benzene rings is 3. The fourth-order valence-corrected chi connectivity index (χ4v) is 4.79. The number of anilines is 2. The average Bonchev–Trinajstić information content (AvgIpc) is 3.08. The van der Waals surface area contributed by atoms with Crippen LogP contribution >= 0.6 is 15.9 Å². The van der Waals surface area contributed by atoms with E-state index in [0.717, 1.165) is 12.1 Å². The lowest BCUT2D eigenvalue weighted by molar-refractivity contribution is -0.143. The first kappa shape index (κ1) is 25.8. The van der Waals surface area contributed by atoms with Crippen LogP contribution in [0.15, 0.2) is 70.0 Å². The third-order valence-corrected chi connectivity index (χ3v) is 7.01. The van der Waals surface area contributed by atoms with Gasteiger partial charge in [0.2, 0.25) is 0 Å². The van der Waals surface area contributed by atoms with Crippen LogP contribution < -0.4 is 10.0 Å². The number of alkyl halides is 6. The highest BCUT2D eigenvalue weighted by molar-refractivity contribution is 9.10. The van der Waals surface area contributed by atoms with Gasteiger partial charge in [0.25, 0.3) is 15.9 Å². The predicted molar refractivity (Wildman–Crippen MR) is 124 cm³/mol. The van der Waals surface area contributed by atoms with Crippen LogP contribution in [-0.2, 0) is 27.2 Å². The van der Waals surface area contributed by atoms with Crippen LogP contribution in [0.5, 0.6) is 0 Å². The molecular formula is C23H13BrF6N2O3S. The maximum atomic E-state index is 13.2. The molecule has 1 aliphatic heterocycles. The van der Waals surface area contributed by atoms with Gasteiger partial charge in [-0.3, -0.25) is 9.52 Å². The summed E-state index contributed by atoms with van der Waals surface area (Å²) in [6, 6.07) is 10.7. The van der Waals surface area contributed by atoms with Crippen LogP contribution in [0, 0.1) is 0 Å². The molecule has 0 saturated heterocycles. The molecular weight excluding hydrogens is 578 g/mol. The Balaban J connectivity index is 1.78. The molecule has 0 radical (unpaired) electrons. The Morgan fingerprint density at radius 3 is 1.97 bits per heavy atom. The maximum absolute atomic E-state index is 13.2. The molecule has 0 bridgehead atoms. The fraction of sp³-hybridized carbons (Fsp3) is 0.0870. The SMILES string of the molecule is O=C1Nc2ccc(S(=O)(=O)Nc3ccc(Br)cc3)cc2C1=Cc1cc(C(F)(F)F)cc(C(F)(F)F)c1. The molecule has 36 heavy (non-hydrogen) atoms. The standard InChI is InChI=1S/C23H13BrF6N2O3S/c24-15-1-3-16(4-2-15)32-36(34,35)17-5-6-20-18(11-17)19(21(33)31-20)9-12-7-13(22(25,26)27)10-14(8-12)23(28,29)30/h1-11,32H,(H,31,33). The molecule has 1 amide bonds. The number of fused-ring (bicyclic) bond motifs is 1. The quantitative estimate of drug-likeness (QED) is 0.260. The lowest BCUT2D eigenvalue weighted by atomic mass is 10.00. The van der Waals surface area contributed by atoms with Crippen molar-refractivity contribution in [3.63, 3.8) is 0 Å². The summed E-state index contributed by atoms with van der Waals surface area (Å²) in [6.07, 6.45) is -9.28. The molecule has 0 fully saturated rings. The van der Waals surface area contributed by atoms with Crippen molar-refractivity contribution in [3.8, 4) is 0 Å². The normalized spacial score (nSPS) is 15.1. The van der Waals surface area contributed by atoms with Crippen molar-refractivity contribution in [2.75, 3.05) is 10.0 Å². The first-order valence-electron chi connectivity index (χ1n) is 9.89. The number of sulfonamides is 1. The van der Waals surface area contributed by atoms with E-state index < -0.39 is 45.0 Å². The summed E-state index contributed by atoms with van der Waals surface area (Å²) in [4.78, 5) is 12.2. The van der Waals surface area contributed by atoms with Gasteiger partial charge in [0.1, 0.15) is 0 Å². The summed E-state index contributed by atoms with van der Waals surface area (Å²) in [5.74, 6) is -0.814. The zero-order valence-electron chi connectivity index (χ0n) is 17.6. The fourth-order valence-electron chi connectivity index (χ4n) is 3.44. The van der Waals surface area contributed by atoms with E-state index in [1.165, 1.54) is 24.3 Å². The van der Waals surface area contributed by atoms with Crippen molar-refractivity contribution in [1.82, 2.24) is 0 Å². The van der Waals surface area contributed by atoms with Crippen molar-refractivity contribution in [3.05, 3.63) is 87.4 Å². The number of carbonyl (C=O) groups excluding carboxylic acids is 1. The van der Waals surface area contributed by atoms with Gasteiger partial charge in [0.15, 0.2) is 0 Å². The molecule has 0 unspecified atom stereocenters. The van der Waals surface area contributed by atoms with Crippen molar-refractivity contribution < 1.29 is 39.6 Å². The molecule has 0 atom stereocenters. The van der Waals surface area contributed by atoms with Gasteiger partial charge in [-0.2, -0.15) is 26.3 Å². The van der Waals surface area contributed by atoms with Crippen LogP contribution in [0.2, 0.25) is 0 Å². The smallest absolute Gasteiger partial charge is 0.321 e. The number of carbonyl (C=O) groups is 1. The summed E-state index contributed by atoms with van der Waals surface area (Å²) in [5.41, 5.74) is -3.51. The van der Waals surface area contributed by atoms with Gasteiger partial charge in [-0.1, -0.05) is 15.9 Å². The summed E-state index contributed by atoms with van der Waals surface area (Å²) in [7, 11) is -4.14. The van der Waals surface area contributed by atoms with E-state index in [1.807, 2.05) is 0 Å². The second-order valence-corrected chi connectivity index (χ2v) is 10.3. The second kappa shape index (κ2) is 8.96. The maximum Gasteiger partial charge on any atom is 0.416 e. The van der Waals surface area contributed by atoms with Crippen molar-refractivity contribution in [1.29, 1.82) is 0 Å². The Labute approximate surface area is 209 Å². The molecule has 0 aromatic heterocycles. The molecule has 3 aromatic rings. The number of rotatable bonds is 4. The van der Waals surface area contributed by atoms with Gasteiger partial charge in [0, 0.05) is 27.0 Å². The largest absolute Gasteiger partial charge is 0.416 e. The van der Waals surface area contributed by atoms with Crippen LogP contribution in [0.25, 0.3) is 11.6 Å². The highest BCUT2D eigenvalue weighted by atomic mass is 79.9. The topological polar surface area (TPSA) is 75.3 Å². The number of hydrogen-bond donors (Lipinski definition) is 2. The number of halogens is 7. The predicted octanol–water partition coefficient (Wildman–Crippen LogP) is 6.78. The number of amides is 1. The Morgan fingerprint density at radius 2 is 1.42 bits per heavy atom. The molecule has 0 aliphatic carbocycles. The lowest BCUT2D eigenvalue weighted by Crippen LogP contribution is -2.13. The minimum absolute atomic E-state index is 0.00431. The third kappa shape index (κ3) is 5.41. The molecule has 1 aliphatic rings. The first-order valence-corrected chi connectivity index (χ1v) is 12.2. The molecule has 2 N–H and O–H groups in total. The van der Waals surface area contributed by atoms with Crippen LogP contribution in [-0.4, -0.2) is 14.3 Å². The number of nitrogens with one attached hydrogen (secondary N) is 2. The highest BCUT2D eigenvalue weighted by Gasteiger charge is 2.37. The van der Waals surface area contributed by atoms with Gasteiger partial charge in [-0.25, -0.2) is 8.42 Å². The Hall–Kier alpha value is -3.32. The number of hydrogen-bond acceptors (Lipinski definition) is 3. The van der Waals surface area contributed by atoms with Crippen molar-refractivity contribution in [2.24, 2.45) is 0 Å². The van der Waals surface area contributed by atoms with Crippen LogP contribution in [0.1, 0.15) is 22.3 Å². The van der Waals surface area contributed by atoms with Gasteiger partial charge in [-0.15, -0.1) is 0 Å². The van der Waals surface area contributed by atoms with Crippen molar-refractivity contribution in [2.45, 2.75) is 17.2 Å². The summed E-state index contributed by atoms with van der Waals surface area (Å²) < 4.78 is 108. The van der Waals surface area contributed by atoms with Gasteiger partial charge < -0.3 is 5.32 Å². The van der Waals surface area contributed by atoms with E-state index in [1.54, 1.807) is 12.1 Å². The summed E-state index contributed by atoms with van der Waals surface area (Å²) in [5, 5.41) is 2.42. The van der Waals surface area contributed by atoms with E-state index in [2.05, 4.69) is 26.0 Å². The van der Waals surface area contributed by atoms with E-state index in [0.29, 0.717) is 16.6 Å². The van der Waals surface area contributed by atoms with E-state index in [4.69, 9.17) is 0 Å². The zero-order chi connectivity index (χ0) is 26.5. The molecule has 4 rings (SSSR count). The molecule has 5 nitrogen and oxygen atoms in total. The van der Waals surface area contributed by atoms with Gasteiger partial charge in [-0.05, 0) is 72.3 Å². The zero-order valence-corrected chi connectivity index (χ0v) is 20.0. The van der Waals surface area contributed by atoms with E-state index >= 15 is 0 Å². The Kier molecular flexibility index (Phi) is 6.41. The van der Waals surface area contributed by atoms with Gasteiger partial charge in [0.05, 0.1) is 16.0 Å². The molecule has 13 heteroatoms. The average molecular weight is 591 g/mol. The second-order valence-electron chi connectivity index (χ2n) is 7.67. The van der Waals surface area contributed by atoms with E-state index in [9.17, 15) is 39.6 Å². The van der Waals surface area contributed by atoms with Crippen molar-refractivity contribution >= 4 is 54.9 Å². The van der Waals surface area contributed by atoms with Crippen LogP contribution in [0.3, 0.4) is 0 Å².